The van der Waals surface area contributed by atoms with Crippen molar-refractivity contribution in [2.75, 3.05) is 24.6 Å². The number of nitrogens with zero attached hydrogens (tertiary/aromatic N) is 3. The summed E-state index contributed by atoms with van der Waals surface area (Å²) in [6.45, 7) is 6.09. The molecule has 2 rings (SSSR count). The van der Waals surface area contributed by atoms with E-state index in [1.54, 1.807) is 6.21 Å². The minimum atomic E-state index is -0.506. The molecule has 30 heavy (non-hydrogen) atoms. The Hall–Kier alpha value is -2.94. The number of nitro benzene ring substituents is 1. The number of non-ortho nitro benzene ring substituents is 1. The molecule has 0 aliphatic rings. The number of anilines is 1. The van der Waals surface area contributed by atoms with Crippen LogP contribution in [-0.4, -0.2) is 36.7 Å². The van der Waals surface area contributed by atoms with Gasteiger partial charge in [-0.05, 0) is 52.5 Å². The molecule has 0 aromatic heterocycles. The Morgan fingerprint density at radius 2 is 1.87 bits per heavy atom. The smallest absolute Gasteiger partial charge is 0.277 e. The van der Waals surface area contributed by atoms with Gasteiger partial charge in [-0.15, -0.1) is 0 Å². The van der Waals surface area contributed by atoms with Crippen LogP contribution in [0.5, 0.6) is 5.75 Å². The Balaban J connectivity index is 1.85. The van der Waals surface area contributed by atoms with Crippen molar-refractivity contribution < 1.29 is 14.5 Å². The molecule has 0 unspecified atom stereocenters. The van der Waals surface area contributed by atoms with Gasteiger partial charge in [0.05, 0.1) is 15.6 Å². The van der Waals surface area contributed by atoms with Crippen molar-refractivity contribution in [1.82, 2.24) is 5.43 Å². The van der Waals surface area contributed by atoms with E-state index in [1.807, 2.05) is 24.3 Å². The number of halogens is 1. The second-order valence-electron chi connectivity index (χ2n) is 6.53. The molecule has 1 amide bonds. The second kappa shape index (κ2) is 11.9. The summed E-state index contributed by atoms with van der Waals surface area (Å²) in [7, 11) is 0. The first-order valence-electron chi connectivity index (χ1n) is 9.68. The molecule has 0 saturated carbocycles. The number of nitrogens with one attached hydrogen (secondary N) is 1. The highest BCUT2D eigenvalue weighted by Gasteiger charge is 2.11. The van der Waals surface area contributed by atoms with Crippen LogP contribution in [0.1, 0.15) is 32.3 Å². The number of hydrogen-bond donors (Lipinski definition) is 1. The Morgan fingerprint density at radius 1 is 1.20 bits per heavy atom. The Morgan fingerprint density at radius 3 is 2.43 bits per heavy atom. The maximum Gasteiger partial charge on any atom is 0.277 e. The maximum absolute atomic E-state index is 11.9. The molecule has 0 heterocycles. The molecule has 160 valence electrons. The zero-order valence-electron chi connectivity index (χ0n) is 17.0. The molecule has 0 atom stereocenters. The van der Waals surface area contributed by atoms with Gasteiger partial charge in [0.1, 0.15) is 5.75 Å². The van der Waals surface area contributed by atoms with E-state index in [0.717, 1.165) is 31.5 Å². The molecule has 0 bridgehead atoms. The Bertz CT molecular complexity index is 881. The summed E-state index contributed by atoms with van der Waals surface area (Å²) < 4.78 is 5.76. The topological polar surface area (TPSA) is 97.1 Å². The molecule has 0 fully saturated rings. The van der Waals surface area contributed by atoms with Crippen LogP contribution in [0.3, 0.4) is 0 Å². The highest BCUT2D eigenvalue weighted by molar-refractivity contribution is 9.10. The summed E-state index contributed by atoms with van der Waals surface area (Å²) in [5.74, 6) is -0.107. The number of ether oxygens (including phenoxy) is 1. The van der Waals surface area contributed by atoms with Crippen LogP contribution in [0.2, 0.25) is 0 Å². The third-order valence-corrected chi connectivity index (χ3v) is 4.75. The van der Waals surface area contributed by atoms with E-state index in [1.165, 1.54) is 23.9 Å². The van der Waals surface area contributed by atoms with Gasteiger partial charge >= 0.3 is 0 Å². The maximum atomic E-state index is 11.9. The molecule has 8 nitrogen and oxygen atoms in total. The van der Waals surface area contributed by atoms with Crippen LogP contribution in [-0.2, 0) is 4.79 Å². The summed E-state index contributed by atoms with van der Waals surface area (Å²) >= 11 is 3.19. The van der Waals surface area contributed by atoms with Crippen molar-refractivity contribution >= 4 is 39.4 Å². The number of amides is 1. The summed E-state index contributed by atoms with van der Waals surface area (Å²) in [6.07, 6.45) is 3.75. The van der Waals surface area contributed by atoms with E-state index in [2.05, 4.69) is 45.2 Å². The average Bonchev–Trinajstić information content (AvgIpc) is 2.73. The van der Waals surface area contributed by atoms with Gasteiger partial charge in [-0.25, -0.2) is 5.43 Å². The fourth-order valence-electron chi connectivity index (χ4n) is 2.76. The van der Waals surface area contributed by atoms with E-state index >= 15 is 0 Å². The van der Waals surface area contributed by atoms with Gasteiger partial charge in [0.2, 0.25) is 0 Å². The molecule has 1 N–H and O–H groups in total. The molecule has 2 aromatic carbocycles. The van der Waals surface area contributed by atoms with Gasteiger partial charge in [-0.1, -0.05) is 26.0 Å². The van der Waals surface area contributed by atoms with Crippen molar-refractivity contribution in [1.29, 1.82) is 0 Å². The molecular formula is C21H25BrN4O4. The second-order valence-corrected chi connectivity index (χ2v) is 7.39. The predicted octanol–water partition coefficient (Wildman–Crippen LogP) is 4.51. The van der Waals surface area contributed by atoms with Gasteiger partial charge < -0.3 is 9.64 Å². The molecule has 0 aliphatic carbocycles. The summed E-state index contributed by atoms with van der Waals surface area (Å²) in [4.78, 5) is 24.5. The molecule has 2 aromatic rings. The summed E-state index contributed by atoms with van der Waals surface area (Å²) in [5.41, 5.74) is 4.37. The van der Waals surface area contributed by atoms with Crippen LogP contribution in [0.4, 0.5) is 11.4 Å². The van der Waals surface area contributed by atoms with Gasteiger partial charge in [-0.2, -0.15) is 5.10 Å². The van der Waals surface area contributed by atoms with E-state index in [9.17, 15) is 14.9 Å². The minimum Gasteiger partial charge on any atom is -0.483 e. The number of rotatable bonds is 11. The van der Waals surface area contributed by atoms with Crippen molar-refractivity contribution in [2.24, 2.45) is 5.10 Å². The monoisotopic (exact) mass is 476 g/mol. The third kappa shape index (κ3) is 7.14. The van der Waals surface area contributed by atoms with Crippen molar-refractivity contribution in [3.05, 3.63) is 62.6 Å². The minimum absolute atomic E-state index is 0.0678. The molecule has 0 aliphatic heterocycles. The SMILES string of the molecule is CCCN(CCC)c1ccc(C=NNC(=O)COc2ccc([N+](=O)[O-])cc2Br)cc1. The normalized spacial score (nSPS) is 10.8. The van der Waals surface area contributed by atoms with E-state index in [4.69, 9.17) is 4.74 Å². The first kappa shape index (κ1) is 23.3. The van der Waals surface area contributed by atoms with Gasteiger partial charge in [-0.3, -0.25) is 14.9 Å². The zero-order valence-corrected chi connectivity index (χ0v) is 18.6. The van der Waals surface area contributed by atoms with Gasteiger partial charge in [0.25, 0.3) is 11.6 Å². The zero-order chi connectivity index (χ0) is 21.9. The summed E-state index contributed by atoms with van der Waals surface area (Å²) in [5, 5.41) is 14.7. The lowest BCUT2D eigenvalue weighted by molar-refractivity contribution is -0.384. The first-order valence-corrected chi connectivity index (χ1v) is 10.5. The molecular weight excluding hydrogens is 452 g/mol. The number of carbonyl (C=O) groups excluding carboxylic acids is 1. The fraction of sp³-hybridized carbons (Fsp3) is 0.333. The molecule has 9 heteroatoms. The van der Waals surface area contributed by atoms with E-state index in [0.29, 0.717) is 10.2 Å². The number of nitro groups is 1. The predicted molar refractivity (Wildman–Crippen MR) is 121 cm³/mol. The van der Waals surface area contributed by atoms with Crippen molar-refractivity contribution in [2.45, 2.75) is 26.7 Å². The lowest BCUT2D eigenvalue weighted by Gasteiger charge is -2.23. The lowest BCUT2D eigenvalue weighted by Crippen LogP contribution is -2.25. The number of carbonyl (C=O) groups is 1. The van der Waals surface area contributed by atoms with E-state index in [-0.39, 0.29) is 12.3 Å². The van der Waals surface area contributed by atoms with Crippen LogP contribution in [0.25, 0.3) is 0 Å². The highest BCUT2D eigenvalue weighted by Crippen LogP contribution is 2.28. The van der Waals surface area contributed by atoms with Gasteiger partial charge in [0, 0.05) is 30.9 Å². The van der Waals surface area contributed by atoms with Crippen LogP contribution >= 0.6 is 15.9 Å². The third-order valence-electron chi connectivity index (χ3n) is 4.13. The van der Waals surface area contributed by atoms with Gasteiger partial charge in [0.15, 0.2) is 6.61 Å². The van der Waals surface area contributed by atoms with Crippen molar-refractivity contribution in [3.63, 3.8) is 0 Å². The Labute approximate surface area is 184 Å². The highest BCUT2D eigenvalue weighted by atomic mass is 79.9. The fourth-order valence-corrected chi connectivity index (χ4v) is 3.24. The van der Waals surface area contributed by atoms with Crippen LogP contribution in [0, 0.1) is 10.1 Å². The van der Waals surface area contributed by atoms with Crippen molar-refractivity contribution in [3.8, 4) is 5.75 Å². The van der Waals surface area contributed by atoms with E-state index < -0.39 is 10.8 Å². The largest absolute Gasteiger partial charge is 0.483 e. The number of hydrazone groups is 1. The molecule has 0 radical (unpaired) electrons. The summed E-state index contributed by atoms with van der Waals surface area (Å²) in [6, 6.07) is 12.1. The quantitative estimate of drug-likeness (QED) is 0.292. The van der Waals surface area contributed by atoms with Crippen LogP contribution in [0.15, 0.2) is 52.0 Å². The average molecular weight is 477 g/mol. The molecule has 0 spiro atoms. The first-order chi connectivity index (χ1) is 14.4. The number of hydrogen-bond acceptors (Lipinski definition) is 6. The number of benzene rings is 2. The Kier molecular flexibility index (Phi) is 9.27. The lowest BCUT2D eigenvalue weighted by atomic mass is 10.2. The molecule has 0 saturated heterocycles. The van der Waals surface area contributed by atoms with Crippen LogP contribution < -0.4 is 15.1 Å². The standard InChI is InChI=1S/C21H25BrN4O4/c1-3-11-25(12-4-2)17-7-5-16(6-8-17)14-23-24-21(27)15-30-20-10-9-18(26(28)29)13-19(20)22/h5-10,13-14H,3-4,11-12,15H2,1-2H3,(H,24,27).